The van der Waals surface area contributed by atoms with Crippen LogP contribution in [0.2, 0.25) is 0 Å². The van der Waals surface area contributed by atoms with Crippen LogP contribution < -0.4 is 0 Å². The molecule has 0 atom stereocenters. The molecular formula is C17H13FN6O. The number of nitrogens with zero attached hydrogens (tertiary/aromatic N) is 6. The number of aromatic nitrogens is 6. The van der Waals surface area contributed by atoms with Crippen LogP contribution in [-0.4, -0.2) is 34.8 Å². The van der Waals surface area contributed by atoms with Crippen molar-refractivity contribution >= 4 is 10.9 Å². The summed E-state index contributed by atoms with van der Waals surface area (Å²) in [6.45, 7) is 1.45. The van der Waals surface area contributed by atoms with E-state index in [0.29, 0.717) is 17.2 Å². The van der Waals surface area contributed by atoms with Crippen molar-refractivity contribution in [3.63, 3.8) is 0 Å². The molecule has 0 bridgehead atoms. The third-order valence-corrected chi connectivity index (χ3v) is 3.77. The van der Waals surface area contributed by atoms with Gasteiger partial charge in [0.15, 0.2) is 5.82 Å². The molecule has 0 aliphatic carbocycles. The Morgan fingerprint density at radius 2 is 1.96 bits per heavy atom. The number of aliphatic hydroxyl groups excluding tert-OH is 1. The summed E-state index contributed by atoms with van der Waals surface area (Å²) >= 11 is 0. The van der Waals surface area contributed by atoms with E-state index >= 15 is 0 Å². The lowest BCUT2D eigenvalue weighted by Crippen LogP contribution is -2.03. The molecule has 0 spiro atoms. The Hall–Kier alpha value is -3.26. The number of fused-ring (bicyclic) bond motifs is 1. The minimum absolute atomic E-state index is 0.137. The lowest BCUT2D eigenvalue weighted by Gasteiger charge is -2.06. The van der Waals surface area contributed by atoms with E-state index in [1.54, 1.807) is 30.9 Å². The van der Waals surface area contributed by atoms with E-state index < -0.39 is 12.6 Å². The monoisotopic (exact) mass is 336 g/mol. The van der Waals surface area contributed by atoms with E-state index in [9.17, 15) is 4.39 Å². The minimum Gasteiger partial charge on any atom is -0.392 e. The summed E-state index contributed by atoms with van der Waals surface area (Å²) < 4.78 is 15.4. The zero-order valence-corrected chi connectivity index (χ0v) is 13.3. The van der Waals surface area contributed by atoms with Crippen molar-refractivity contribution in [1.82, 2.24) is 29.7 Å². The molecule has 4 heterocycles. The smallest absolute Gasteiger partial charge is 0.220 e. The van der Waals surface area contributed by atoms with Crippen molar-refractivity contribution in [1.29, 1.82) is 0 Å². The largest absolute Gasteiger partial charge is 0.392 e. The zero-order chi connectivity index (χ0) is 17.4. The molecular weight excluding hydrogens is 323 g/mol. The molecule has 124 valence electrons. The van der Waals surface area contributed by atoms with Crippen molar-refractivity contribution < 1.29 is 9.50 Å². The van der Waals surface area contributed by atoms with Crippen LogP contribution >= 0.6 is 0 Å². The number of hydrogen-bond donors (Lipinski definition) is 1. The van der Waals surface area contributed by atoms with E-state index in [-0.39, 0.29) is 5.56 Å². The quantitative estimate of drug-likeness (QED) is 0.577. The molecule has 0 amide bonds. The second-order valence-corrected chi connectivity index (χ2v) is 5.51. The van der Waals surface area contributed by atoms with Gasteiger partial charge in [-0.1, -0.05) is 0 Å². The Morgan fingerprint density at radius 3 is 2.72 bits per heavy atom. The predicted octanol–water partition coefficient (Wildman–Crippen LogP) is 2.21. The first kappa shape index (κ1) is 15.3. The first-order valence-electron chi connectivity index (χ1n) is 7.55. The maximum Gasteiger partial charge on any atom is 0.220 e. The maximum atomic E-state index is 13.9. The van der Waals surface area contributed by atoms with Gasteiger partial charge in [-0.05, 0) is 25.1 Å². The molecule has 1 N–H and O–H groups in total. The van der Waals surface area contributed by atoms with Crippen molar-refractivity contribution in [2.24, 2.45) is 0 Å². The highest BCUT2D eigenvalue weighted by Crippen LogP contribution is 2.22. The molecule has 4 aromatic rings. The minimum atomic E-state index is -0.720. The van der Waals surface area contributed by atoms with Crippen LogP contribution in [0.25, 0.3) is 28.1 Å². The van der Waals surface area contributed by atoms with Crippen molar-refractivity contribution in [3.8, 4) is 17.2 Å². The predicted molar refractivity (Wildman–Crippen MR) is 88.3 cm³/mol. The van der Waals surface area contributed by atoms with Gasteiger partial charge in [0.1, 0.15) is 5.69 Å². The topological polar surface area (TPSA) is 89.6 Å². The maximum absolute atomic E-state index is 13.9. The van der Waals surface area contributed by atoms with Crippen LogP contribution in [0.4, 0.5) is 4.39 Å². The molecule has 7 nitrogen and oxygen atoms in total. The Bertz CT molecular complexity index is 1080. The Morgan fingerprint density at radius 1 is 1.08 bits per heavy atom. The number of aryl methyl sites for hydroxylation is 1. The fourth-order valence-electron chi connectivity index (χ4n) is 2.52. The second kappa shape index (κ2) is 5.99. The molecule has 0 aliphatic rings. The summed E-state index contributed by atoms with van der Waals surface area (Å²) in [7, 11) is 0. The van der Waals surface area contributed by atoms with Gasteiger partial charge in [0, 0.05) is 23.3 Å². The molecule has 0 aromatic carbocycles. The van der Waals surface area contributed by atoms with Crippen LogP contribution in [-0.2, 0) is 6.61 Å². The SMILES string of the molecule is Cc1cncc(-c2cc3c(cn2)cnn3-c2ccc(CO)c(F)n2)n1. The molecule has 4 aromatic heterocycles. The summed E-state index contributed by atoms with van der Waals surface area (Å²) in [5.41, 5.74) is 2.92. The van der Waals surface area contributed by atoms with Gasteiger partial charge in [0.05, 0.1) is 35.9 Å². The summed E-state index contributed by atoms with van der Waals surface area (Å²) in [6.07, 6.45) is 6.61. The van der Waals surface area contributed by atoms with Crippen molar-refractivity contribution in [2.75, 3.05) is 0 Å². The standard InChI is InChI=1S/C17H13FN6O/c1-10-5-19-8-14(22-10)13-4-15-12(6-20-13)7-21-24(15)16-3-2-11(9-25)17(18)23-16/h2-8,25H,9H2,1H3. The lowest BCUT2D eigenvalue weighted by molar-refractivity contribution is 0.274. The Labute approximate surface area is 141 Å². The van der Waals surface area contributed by atoms with Crippen molar-refractivity contribution in [2.45, 2.75) is 13.5 Å². The molecule has 0 aliphatic heterocycles. The van der Waals surface area contributed by atoms with E-state index in [4.69, 9.17) is 5.11 Å². The van der Waals surface area contributed by atoms with Crippen LogP contribution in [0.3, 0.4) is 0 Å². The molecule has 0 saturated heterocycles. The summed E-state index contributed by atoms with van der Waals surface area (Å²) in [5, 5.41) is 14.1. The molecule has 0 saturated carbocycles. The molecule has 4 rings (SSSR count). The average Bonchev–Trinajstić information content (AvgIpc) is 3.04. The molecule has 0 unspecified atom stereocenters. The van der Waals surface area contributed by atoms with Crippen LogP contribution in [0.15, 0.2) is 43.0 Å². The van der Waals surface area contributed by atoms with Gasteiger partial charge >= 0.3 is 0 Å². The normalized spacial score (nSPS) is 11.2. The lowest BCUT2D eigenvalue weighted by atomic mass is 10.2. The van der Waals surface area contributed by atoms with Gasteiger partial charge < -0.3 is 5.11 Å². The fraction of sp³-hybridized carbons (Fsp3) is 0.118. The summed E-state index contributed by atoms with van der Waals surface area (Å²) in [5.74, 6) is -0.403. The number of hydrogen-bond acceptors (Lipinski definition) is 6. The average molecular weight is 336 g/mol. The van der Waals surface area contributed by atoms with E-state index in [2.05, 4.69) is 25.0 Å². The van der Waals surface area contributed by atoms with Gasteiger partial charge in [0.2, 0.25) is 5.95 Å². The zero-order valence-electron chi connectivity index (χ0n) is 13.3. The highest BCUT2D eigenvalue weighted by molar-refractivity contribution is 5.82. The number of aliphatic hydroxyl groups is 1. The Kier molecular flexibility index (Phi) is 3.66. The highest BCUT2D eigenvalue weighted by atomic mass is 19.1. The van der Waals surface area contributed by atoms with Gasteiger partial charge in [-0.15, -0.1) is 0 Å². The van der Waals surface area contributed by atoms with Gasteiger partial charge in [-0.2, -0.15) is 14.5 Å². The van der Waals surface area contributed by atoms with Crippen molar-refractivity contribution in [3.05, 3.63) is 60.2 Å². The highest BCUT2D eigenvalue weighted by Gasteiger charge is 2.12. The molecule has 0 fully saturated rings. The summed E-state index contributed by atoms with van der Waals surface area (Å²) in [4.78, 5) is 16.8. The third-order valence-electron chi connectivity index (χ3n) is 3.77. The number of pyridine rings is 2. The molecule has 8 heteroatoms. The first-order chi connectivity index (χ1) is 12.2. The van der Waals surface area contributed by atoms with Crippen LogP contribution in [0, 0.1) is 12.9 Å². The molecule has 25 heavy (non-hydrogen) atoms. The summed E-state index contributed by atoms with van der Waals surface area (Å²) in [6, 6.07) is 4.90. The van der Waals surface area contributed by atoms with Gasteiger partial charge in [0.25, 0.3) is 0 Å². The first-order valence-corrected chi connectivity index (χ1v) is 7.55. The Balaban J connectivity index is 1.85. The van der Waals surface area contributed by atoms with E-state index in [1.807, 2.05) is 13.0 Å². The number of halogens is 1. The van der Waals surface area contributed by atoms with Crippen LogP contribution in [0.1, 0.15) is 11.3 Å². The van der Waals surface area contributed by atoms with Gasteiger partial charge in [-0.25, -0.2) is 9.67 Å². The third kappa shape index (κ3) is 2.72. The number of rotatable bonds is 3. The van der Waals surface area contributed by atoms with E-state index in [0.717, 1.165) is 16.6 Å². The molecule has 0 radical (unpaired) electrons. The fourth-order valence-corrected chi connectivity index (χ4v) is 2.52. The van der Waals surface area contributed by atoms with Crippen LogP contribution in [0.5, 0.6) is 0 Å². The second-order valence-electron chi connectivity index (χ2n) is 5.51. The van der Waals surface area contributed by atoms with E-state index in [1.165, 1.54) is 10.7 Å². The van der Waals surface area contributed by atoms with Gasteiger partial charge in [-0.3, -0.25) is 9.97 Å².